The lowest BCUT2D eigenvalue weighted by atomic mass is 10.1. The number of hydrogen-bond donors (Lipinski definition) is 2. The minimum atomic E-state index is -0.854. The molecule has 1 fully saturated rings. The van der Waals surface area contributed by atoms with Crippen molar-refractivity contribution in [1.82, 2.24) is 10.2 Å². The van der Waals surface area contributed by atoms with Gasteiger partial charge < -0.3 is 20.1 Å². The van der Waals surface area contributed by atoms with Gasteiger partial charge in [0.15, 0.2) is 0 Å². The Bertz CT molecular complexity index is 550. The van der Waals surface area contributed by atoms with Gasteiger partial charge in [0.2, 0.25) is 0 Å². The maximum absolute atomic E-state index is 12.0. The molecule has 1 atom stereocenters. The summed E-state index contributed by atoms with van der Waals surface area (Å²) in [4.78, 5) is 24.3. The van der Waals surface area contributed by atoms with Crippen LogP contribution >= 0.6 is 11.6 Å². The Balaban J connectivity index is 1.87. The Kier molecular flexibility index (Phi) is 4.90. The van der Waals surface area contributed by atoms with E-state index in [1.54, 1.807) is 12.1 Å². The predicted molar refractivity (Wildman–Crippen MR) is 77.6 cm³/mol. The molecule has 1 aliphatic heterocycles. The van der Waals surface area contributed by atoms with E-state index in [4.69, 9.17) is 21.4 Å². The minimum Gasteiger partial charge on any atom is -0.495 e. The van der Waals surface area contributed by atoms with E-state index in [9.17, 15) is 9.59 Å². The molecule has 0 radical (unpaired) electrons. The molecule has 0 spiro atoms. The van der Waals surface area contributed by atoms with Crippen LogP contribution in [0.2, 0.25) is 5.02 Å². The zero-order valence-corrected chi connectivity index (χ0v) is 12.4. The van der Waals surface area contributed by atoms with Gasteiger partial charge in [-0.05, 0) is 24.1 Å². The number of carbonyl (C=O) groups excluding carboxylic acids is 1. The molecule has 0 aromatic heterocycles. The van der Waals surface area contributed by atoms with Crippen LogP contribution in [0.3, 0.4) is 0 Å². The zero-order chi connectivity index (χ0) is 15.4. The lowest BCUT2D eigenvalue weighted by Gasteiger charge is -2.17. The van der Waals surface area contributed by atoms with Gasteiger partial charge >= 0.3 is 12.0 Å². The summed E-state index contributed by atoms with van der Waals surface area (Å²) in [6.45, 7) is 1.05. The minimum absolute atomic E-state index is 0.254. The molecule has 1 saturated heterocycles. The van der Waals surface area contributed by atoms with Crippen LogP contribution in [0.1, 0.15) is 12.0 Å². The molecular formula is C14H17ClN2O4. The fourth-order valence-corrected chi connectivity index (χ4v) is 2.54. The Labute approximate surface area is 127 Å². The first-order valence-electron chi connectivity index (χ1n) is 6.59. The van der Waals surface area contributed by atoms with Crippen molar-refractivity contribution in [3.8, 4) is 5.75 Å². The van der Waals surface area contributed by atoms with Gasteiger partial charge in [-0.3, -0.25) is 4.79 Å². The molecule has 2 rings (SSSR count). The number of rotatable bonds is 4. The molecule has 1 aromatic carbocycles. The number of nitrogens with zero attached hydrogens (tertiary/aromatic N) is 1. The van der Waals surface area contributed by atoms with Crippen LogP contribution in [0.25, 0.3) is 0 Å². The summed E-state index contributed by atoms with van der Waals surface area (Å²) < 4.78 is 5.06. The van der Waals surface area contributed by atoms with Gasteiger partial charge in [0, 0.05) is 19.6 Å². The molecule has 114 valence electrons. The number of urea groups is 1. The van der Waals surface area contributed by atoms with E-state index in [0.717, 1.165) is 5.56 Å². The van der Waals surface area contributed by atoms with Crippen molar-refractivity contribution in [2.24, 2.45) is 5.92 Å². The number of nitrogens with one attached hydrogen (secondary N) is 1. The number of likely N-dealkylation sites (tertiary alicyclic amines) is 1. The Morgan fingerprint density at radius 3 is 2.86 bits per heavy atom. The quantitative estimate of drug-likeness (QED) is 0.891. The first-order valence-corrected chi connectivity index (χ1v) is 6.97. The summed E-state index contributed by atoms with van der Waals surface area (Å²) in [6.07, 6.45) is 0.497. The molecule has 7 heteroatoms. The first-order chi connectivity index (χ1) is 10.0. The van der Waals surface area contributed by atoms with Crippen LogP contribution in [0.5, 0.6) is 5.75 Å². The van der Waals surface area contributed by atoms with Gasteiger partial charge in [0.25, 0.3) is 0 Å². The third-order valence-corrected chi connectivity index (χ3v) is 3.78. The molecule has 1 aromatic rings. The highest BCUT2D eigenvalue weighted by Gasteiger charge is 2.30. The second-order valence-electron chi connectivity index (χ2n) is 4.90. The molecular weight excluding hydrogens is 296 g/mol. The summed E-state index contributed by atoms with van der Waals surface area (Å²) in [5, 5.41) is 12.2. The van der Waals surface area contributed by atoms with Crippen molar-refractivity contribution in [3.63, 3.8) is 0 Å². The third-order valence-electron chi connectivity index (χ3n) is 3.48. The van der Waals surface area contributed by atoms with E-state index in [0.29, 0.717) is 30.3 Å². The first kappa shape index (κ1) is 15.4. The molecule has 1 aliphatic rings. The SMILES string of the molecule is COc1ccc(CNC(=O)N2CCC(C(=O)O)C2)cc1Cl. The zero-order valence-electron chi connectivity index (χ0n) is 11.6. The average molecular weight is 313 g/mol. The van der Waals surface area contributed by atoms with Crippen molar-refractivity contribution >= 4 is 23.6 Å². The molecule has 0 saturated carbocycles. The van der Waals surface area contributed by atoms with Crippen molar-refractivity contribution in [3.05, 3.63) is 28.8 Å². The van der Waals surface area contributed by atoms with Crippen molar-refractivity contribution in [2.75, 3.05) is 20.2 Å². The summed E-state index contributed by atoms with van der Waals surface area (Å²) >= 11 is 6.01. The lowest BCUT2D eigenvalue weighted by molar-refractivity contribution is -0.141. The summed E-state index contributed by atoms with van der Waals surface area (Å²) in [5.41, 5.74) is 0.850. The van der Waals surface area contributed by atoms with Crippen LogP contribution in [-0.2, 0) is 11.3 Å². The fourth-order valence-electron chi connectivity index (χ4n) is 2.26. The van der Waals surface area contributed by atoms with Gasteiger partial charge in [-0.2, -0.15) is 0 Å². The molecule has 1 heterocycles. The number of ether oxygens (including phenoxy) is 1. The van der Waals surface area contributed by atoms with Gasteiger partial charge in [-0.1, -0.05) is 17.7 Å². The number of halogens is 1. The van der Waals surface area contributed by atoms with E-state index in [1.807, 2.05) is 6.07 Å². The molecule has 0 aliphatic carbocycles. The number of carbonyl (C=O) groups is 2. The summed E-state index contributed by atoms with van der Waals surface area (Å²) in [5.74, 6) is -0.742. The average Bonchev–Trinajstić information content (AvgIpc) is 2.95. The molecule has 2 N–H and O–H groups in total. The van der Waals surface area contributed by atoms with Crippen molar-refractivity contribution in [2.45, 2.75) is 13.0 Å². The van der Waals surface area contributed by atoms with Crippen LogP contribution in [-0.4, -0.2) is 42.2 Å². The highest BCUT2D eigenvalue weighted by molar-refractivity contribution is 6.32. The number of hydrogen-bond acceptors (Lipinski definition) is 3. The fraction of sp³-hybridized carbons (Fsp3) is 0.429. The third kappa shape index (κ3) is 3.78. The highest BCUT2D eigenvalue weighted by atomic mass is 35.5. The van der Waals surface area contributed by atoms with E-state index < -0.39 is 11.9 Å². The number of aliphatic carboxylic acids is 1. The normalized spacial score (nSPS) is 17.6. The second-order valence-corrected chi connectivity index (χ2v) is 5.30. The topological polar surface area (TPSA) is 78.9 Å². The van der Waals surface area contributed by atoms with Gasteiger partial charge in [-0.15, -0.1) is 0 Å². The van der Waals surface area contributed by atoms with Crippen LogP contribution in [0.15, 0.2) is 18.2 Å². The standard InChI is InChI=1S/C14H17ClN2O4/c1-21-12-3-2-9(6-11(12)15)7-16-14(20)17-5-4-10(8-17)13(18)19/h2-3,6,10H,4-5,7-8H2,1H3,(H,16,20)(H,18,19). The van der Waals surface area contributed by atoms with E-state index in [-0.39, 0.29) is 12.6 Å². The number of amides is 2. The maximum Gasteiger partial charge on any atom is 0.317 e. The molecule has 6 nitrogen and oxygen atoms in total. The Morgan fingerprint density at radius 1 is 1.52 bits per heavy atom. The van der Waals surface area contributed by atoms with Crippen molar-refractivity contribution < 1.29 is 19.4 Å². The summed E-state index contributed by atoms with van der Waals surface area (Å²) in [7, 11) is 1.54. The van der Waals surface area contributed by atoms with Crippen LogP contribution in [0.4, 0.5) is 4.79 Å². The van der Waals surface area contributed by atoms with E-state index in [1.165, 1.54) is 12.0 Å². The number of carboxylic acid groups (broad SMARTS) is 1. The maximum atomic E-state index is 12.0. The van der Waals surface area contributed by atoms with Crippen LogP contribution < -0.4 is 10.1 Å². The largest absolute Gasteiger partial charge is 0.495 e. The second kappa shape index (κ2) is 6.67. The van der Waals surface area contributed by atoms with E-state index >= 15 is 0 Å². The van der Waals surface area contributed by atoms with E-state index in [2.05, 4.69) is 5.32 Å². The molecule has 1 unspecified atom stereocenters. The number of carboxylic acids is 1. The highest BCUT2D eigenvalue weighted by Crippen LogP contribution is 2.24. The van der Waals surface area contributed by atoms with Gasteiger partial charge in [0.05, 0.1) is 18.1 Å². The lowest BCUT2D eigenvalue weighted by Crippen LogP contribution is -2.38. The number of benzene rings is 1. The summed E-state index contributed by atoms with van der Waals surface area (Å²) in [6, 6.07) is 5.02. The molecule has 2 amide bonds. The predicted octanol–water partition coefficient (Wildman–Crippen LogP) is 1.96. The van der Waals surface area contributed by atoms with Crippen molar-refractivity contribution in [1.29, 1.82) is 0 Å². The Hall–Kier alpha value is -1.95. The number of methoxy groups -OCH3 is 1. The smallest absolute Gasteiger partial charge is 0.317 e. The van der Waals surface area contributed by atoms with Gasteiger partial charge in [-0.25, -0.2) is 4.79 Å². The monoisotopic (exact) mass is 312 g/mol. The Morgan fingerprint density at radius 2 is 2.29 bits per heavy atom. The van der Waals surface area contributed by atoms with Gasteiger partial charge in [0.1, 0.15) is 5.75 Å². The van der Waals surface area contributed by atoms with Crippen LogP contribution in [0, 0.1) is 5.92 Å². The molecule has 0 bridgehead atoms. The molecule has 21 heavy (non-hydrogen) atoms.